The molecule has 0 radical (unpaired) electrons. The van der Waals surface area contributed by atoms with Gasteiger partial charge in [0.25, 0.3) is 0 Å². The molecular formula is C14H19NO2. The molecule has 92 valence electrons. The minimum Gasteiger partial charge on any atom is -0.396 e. The van der Waals surface area contributed by atoms with Crippen molar-refractivity contribution in [2.75, 3.05) is 13.2 Å². The summed E-state index contributed by atoms with van der Waals surface area (Å²) in [5.74, 6) is 0.0394. The van der Waals surface area contributed by atoms with E-state index in [4.69, 9.17) is 5.11 Å². The smallest absolute Gasteiger partial charge is 0.220 e. The normalized spacial score (nSPS) is 11.8. The molecule has 0 aromatic heterocycles. The zero-order chi connectivity index (χ0) is 12.5. The van der Waals surface area contributed by atoms with Crippen LogP contribution in [0, 0.1) is 0 Å². The third-order valence-corrected chi connectivity index (χ3v) is 2.57. The highest BCUT2D eigenvalue weighted by Gasteiger charge is 2.11. The van der Waals surface area contributed by atoms with Crippen LogP contribution in [-0.2, 0) is 4.79 Å². The van der Waals surface area contributed by atoms with E-state index in [1.54, 1.807) is 6.08 Å². The standard InChI is InChI=1S/C14H19NO2/c1-2-12(13-7-4-3-5-8-13)11-14(17)15-9-6-10-16/h2-5,7-8,12,16H,1,6,9-11H2,(H,15,17). The first-order valence-corrected chi connectivity index (χ1v) is 5.83. The van der Waals surface area contributed by atoms with Gasteiger partial charge in [-0.1, -0.05) is 36.4 Å². The number of hydrogen-bond acceptors (Lipinski definition) is 2. The summed E-state index contributed by atoms with van der Waals surface area (Å²) in [4.78, 5) is 11.6. The second kappa shape index (κ2) is 7.63. The van der Waals surface area contributed by atoms with Crippen LogP contribution in [0.4, 0.5) is 0 Å². The van der Waals surface area contributed by atoms with Crippen LogP contribution in [0.15, 0.2) is 43.0 Å². The number of carbonyl (C=O) groups is 1. The van der Waals surface area contributed by atoms with Gasteiger partial charge in [0.1, 0.15) is 0 Å². The number of hydrogen-bond donors (Lipinski definition) is 2. The quantitative estimate of drug-likeness (QED) is 0.557. The Kier molecular flexibility index (Phi) is 6.04. The maximum absolute atomic E-state index is 11.6. The average molecular weight is 233 g/mol. The van der Waals surface area contributed by atoms with Gasteiger partial charge in [0.15, 0.2) is 0 Å². The summed E-state index contributed by atoms with van der Waals surface area (Å²) in [5, 5.41) is 11.4. The highest BCUT2D eigenvalue weighted by Crippen LogP contribution is 2.20. The zero-order valence-electron chi connectivity index (χ0n) is 9.93. The summed E-state index contributed by atoms with van der Waals surface area (Å²) in [6.45, 7) is 4.39. The highest BCUT2D eigenvalue weighted by atomic mass is 16.3. The van der Waals surface area contributed by atoms with Crippen LogP contribution in [0.25, 0.3) is 0 Å². The van der Waals surface area contributed by atoms with Crippen molar-refractivity contribution in [1.29, 1.82) is 0 Å². The van der Waals surface area contributed by atoms with E-state index in [1.807, 2.05) is 30.3 Å². The molecule has 0 saturated heterocycles. The minimum absolute atomic E-state index is 0.00722. The van der Waals surface area contributed by atoms with Crippen LogP contribution in [0.3, 0.4) is 0 Å². The third kappa shape index (κ3) is 4.83. The molecule has 1 amide bonds. The maximum atomic E-state index is 11.6. The van der Waals surface area contributed by atoms with E-state index in [0.717, 1.165) is 5.56 Å². The largest absolute Gasteiger partial charge is 0.396 e. The van der Waals surface area contributed by atoms with Gasteiger partial charge < -0.3 is 10.4 Å². The fourth-order valence-electron chi connectivity index (χ4n) is 1.62. The number of aliphatic hydroxyl groups is 1. The van der Waals surface area contributed by atoms with Gasteiger partial charge in [-0.3, -0.25) is 4.79 Å². The van der Waals surface area contributed by atoms with E-state index in [-0.39, 0.29) is 18.4 Å². The SMILES string of the molecule is C=CC(CC(=O)NCCCO)c1ccccc1. The van der Waals surface area contributed by atoms with Crippen molar-refractivity contribution in [3.63, 3.8) is 0 Å². The Hall–Kier alpha value is -1.61. The minimum atomic E-state index is -0.00722. The van der Waals surface area contributed by atoms with E-state index in [2.05, 4.69) is 11.9 Å². The van der Waals surface area contributed by atoms with Crippen molar-refractivity contribution in [3.8, 4) is 0 Å². The summed E-state index contributed by atoms with van der Waals surface area (Å²) < 4.78 is 0. The molecule has 0 saturated carbocycles. The van der Waals surface area contributed by atoms with E-state index in [9.17, 15) is 4.79 Å². The Bertz CT molecular complexity index is 348. The van der Waals surface area contributed by atoms with Crippen LogP contribution in [-0.4, -0.2) is 24.2 Å². The molecule has 0 aliphatic rings. The molecule has 0 aliphatic heterocycles. The van der Waals surface area contributed by atoms with Crippen molar-refractivity contribution in [1.82, 2.24) is 5.32 Å². The third-order valence-electron chi connectivity index (χ3n) is 2.57. The van der Waals surface area contributed by atoms with Crippen molar-refractivity contribution in [3.05, 3.63) is 48.6 Å². The second-order valence-corrected chi connectivity index (χ2v) is 3.88. The Labute approximate surface area is 102 Å². The molecular weight excluding hydrogens is 214 g/mol. The first-order valence-electron chi connectivity index (χ1n) is 5.83. The van der Waals surface area contributed by atoms with E-state index >= 15 is 0 Å². The summed E-state index contributed by atoms with van der Waals surface area (Å²) in [6.07, 6.45) is 2.79. The summed E-state index contributed by atoms with van der Waals surface area (Å²) in [6, 6.07) is 9.84. The molecule has 1 unspecified atom stereocenters. The van der Waals surface area contributed by atoms with Gasteiger partial charge in [0, 0.05) is 25.5 Å². The fraction of sp³-hybridized carbons (Fsp3) is 0.357. The number of benzene rings is 1. The predicted molar refractivity (Wildman–Crippen MR) is 68.7 cm³/mol. The number of amides is 1. The summed E-state index contributed by atoms with van der Waals surface area (Å²) >= 11 is 0. The molecule has 1 aromatic carbocycles. The van der Waals surface area contributed by atoms with Gasteiger partial charge >= 0.3 is 0 Å². The fourth-order valence-corrected chi connectivity index (χ4v) is 1.62. The van der Waals surface area contributed by atoms with Gasteiger partial charge in [0.2, 0.25) is 5.91 Å². The lowest BCUT2D eigenvalue weighted by atomic mass is 9.95. The molecule has 1 rings (SSSR count). The first kappa shape index (κ1) is 13.5. The number of carbonyl (C=O) groups excluding carboxylic acids is 1. The van der Waals surface area contributed by atoms with Crippen LogP contribution in [0.5, 0.6) is 0 Å². The van der Waals surface area contributed by atoms with Crippen LogP contribution in [0.2, 0.25) is 0 Å². The molecule has 17 heavy (non-hydrogen) atoms. The number of allylic oxidation sites excluding steroid dienone is 1. The Balaban J connectivity index is 2.47. The monoisotopic (exact) mass is 233 g/mol. The lowest BCUT2D eigenvalue weighted by molar-refractivity contribution is -0.121. The molecule has 0 heterocycles. The Morgan fingerprint density at radius 3 is 2.71 bits per heavy atom. The molecule has 1 atom stereocenters. The van der Waals surface area contributed by atoms with Gasteiger partial charge in [-0.2, -0.15) is 0 Å². The first-order chi connectivity index (χ1) is 8.27. The molecule has 0 bridgehead atoms. The molecule has 1 aromatic rings. The van der Waals surface area contributed by atoms with Gasteiger partial charge in [-0.15, -0.1) is 6.58 Å². The molecule has 3 heteroatoms. The summed E-state index contributed by atoms with van der Waals surface area (Å²) in [5.41, 5.74) is 1.10. The topological polar surface area (TPSA) is 49.3 Å². The van der Waals surface area contributed by atoms with Crippen LogP contribution >= 0.6 is 0 Å². The molecule has 3 nitrogen and oxygen atoms in total. The van der Waals surface area contributed by atoms with E-state index < -0.39 is 0 Å². The average Bonchev–Trinajstić information content (AvgIpc) is 2.37. The predicted octanol–water partition coefficient (Wildman–Crippen LogP) is 1.84. The molecule has 2 N–H and O–H groups in total. The van der Waals surface area contributed by atoms with Crippen LogP contribution < -0.4 is 5.32 Å². The van der Waals surface area contributed by atoms with Gasteiger partial charge in [0.05, 0.1) is 0 Å². The Morgan fingerprint density at radius 2 is 2.12 bits per heavy atom. The number of aliphatic hydroxyl groups excluding tert-OH is 1. The van der Waals surface area contributed by atoms with E-state index in [0.29, 0.717) is 19.4 Å². The lowest BCUT2D eigenvalue weighted by Crippen LogP contribution is -2.26. The molecule has 0 fully saturated rings. The zero-order valence-corrected chi connectivity index (χ0v) is 9.93. The highest BCUT2D eigenvalue weighted by molar-refractivity contribution is 5.77. The van der Waals surface area contributed by atoms with Crippen molar-refractivity contribution >= 4 is 5.91 Å². The van der Waals surface area contributed by atoms with Crippen molar-refractivity contribution in [2.45, 2.75) is 18.8 Å². The lowest BCUT2D eigenvalue weighted by Gasteiger charge is -2.12. The molecule has 0 aliphatic carbocycles. The second-order valence-electron chi connectivity index (χ2n) is 3.88. The summed E-state index contributed by atoms with van der Waals surface area (Å²) in [7, 11) is 0. The van der Waals surface area contributed by atoms with Crippen LogP contribution in [0.1, 0.15) is 24.3 Å². The maximum Gasteiger partial charge on any atom is 0.220 e. The van der Waals surface area contributed by atoms with E-state index in [1.165, 1.54) is 0 Å². The Morgan fingerprint density at radius 1 is 1.41 bits per heavy atom. The van der Waals surface area contributed by atoms with Gasteiger partial charge in [-0.05, 0) is 12.0 Å². The molecule has 0 spiro atoms. The van der Waals surface area contributed by atoms with Crippen molar-refractivity contribution in [2.24, 2.45) is 0 Å². The van der Waals surface area contributed by atoms with Crippen molar-refractivity contribution < 1.29 is 9.90 Å². The number of nitrogens with one attached hydrogen (secondary N) is 1. The van der Waals surface area contributed by atoms with Gasteiger partial charge in [-0.25, -0.2) is 0 Å². The number of rotatable bonds is 7.